The van der Waals surface area contributed by atoms with Crippen molar-refractivity contribution in [2.45, 2.75) is 58.5 Å². The maximum atomic E-state index is 13.1. The van der Waals surface area contributed by atoms with Crippen LogP contribution in [0.5, 0.6) is 0 Å². The molecule has 3 rings (SSSR count). The third-order valence-corrected chi connectivity index (χ3v) is 6.35. The molecule has 0 spiro atoms. The van der Waals surface area contributed by atoms with Gasteiger partial charge >= 0.3 is 5.69 Å². The number of fused-ring (bicyclic) bond motifs is 1. The zero-order valence-corrected chi connectivity index (χ0v) is 17.6. The molecule has 0 unspecified atom stereocenters. The van der Waals surface area contributed by atoms with Gasteiger partial charge in [0.05, 0.1) is 11.1 Å². The van der Waals surface area contributed by atoms with Gasteiger partial charge in [0, 0.05) is 12.1 Å². The van der Waals surface area contributed by atoms with Crippen LogP contribution in [-0.2, 0) is 10.0 Å². The van der Waals surface area contributed by atoms with Gasteiger partial charge in [-0.15, -0.1) is 5.10 Å². The Hall–Kier alpha value is -2.68. The number of nitrogens with zero attached hydrogens (tertiary/aromatic N) is 4. The van der Waals surface area contributed by atoms with Crippen molar-refractivity contribution in [1.82, 2.24) is 18.3 Å². The molecule has 0 radical (unpaired) electrons. The van der Waals surface area contributed by atoms with Gasteiger partial charge in [-0.3, -0.25) is 13.9 Å². The predicted molar refractivity (Wildman–Crippen MR) is 108 cm³/mol. The van der Waals surface area contributed by atoms with Gasteiger partial charge in [-0.1, -0.05) is 6.07 Å². The van der Waals surface area contributed by atoms with Crippen LogP contribution >= 0.6 is 0 Å². The zero-order valence-electron chi connectivity index (χ0n) is 16.8. The van der Waals surface area contributed by atoms with Crippen molar-refractivity contribution in [2.75, 3.05) is 0 Å². The van der Waals surface area contributed by atoms with Crippen LogP contribution in [0.3, 0.4) is 0 Å². The van der Waals surface area contributed by atoms with E-state index in [1.165, 1.54) is 16.8 Å². The summed E-state index contributed by atoms with van der Waals surface area (Å²) in [6.45, 7) is 10.8. The Bertz CT molecular complexity index is 1290. The third kappa shape index (κ3) is 2.99. The van der Waals surface area contributed by atoms with E-state index in [9.17, 15) is 18.0 Å². The van der Waals surface area contributed by atoms with Gasteiger partial charge in [0.25, 0.3) is 15.6 Å². The molecule has 150 valence electrons. The summed E-state index contributed by atoms with van der Waals surface area (Å²) in [4.78, 5) is 25.7. The molecule has 8 nitrogen and oxygen atoms in total. The van der Waals surface area contributed by atoms with Crippen molar-refractivity contribution in [3.05, 3.63) is 56.4 Å². The van der Waals surface area contributed by atoms with Crippen molar-refractivity contribution in [3.63, 3.8) is 0 Å². The standard InChI is InChI=1S/C19H24N4O4S/c1-11(2)22-17-16(18(24)23(12(3)4)19(22)25)10-21(20-17)28(26,27)15-8-7-13(5)14(6)9-15/h7-12H,1-6H3. The molecular weight excluding hydrogens is 380 g/mol. The number of rotatable bonds is 4. The second-order valence-corrected chi connectivity index (χ2v) is 9.30. The van der Waals surface area contributed by atoms with Crippen LogP contribution in [0.25, 0.3) is 11.0 Å². The molecule has 0 aliphatic rings. The largest absolute Gasteiger partial charge is 0.333 e. The molecule has 0 fully saturated rings. The summed E-state index contributed by atoms with van der Waals surface area (Å²) in [5, 5.41) is 4.23. The maximum Gasteiger partial charge on any atom is 0.333 e. The first-order chi connectivity index (χ1) is 13.0. The first-order valence-electron chi connectivity index (χ1n) is 9.06. The molecule has 0 amide bonds. The Morgan fingerprint density at radius 3 is 2.07 bits per heavy atom. The van der Waals surface area contributed by atoms with E-state index in [1.807, 2.05) is 13.8 Å². The third-order valence-electron chi connectivity index (χ3n) is 4.82. The Morgan fingerprint density at radius 2 is 1.54 bits per heavy atom. The van der Waals surface area contributed by atoms with E-state index < -0.39 is 21.3 Å². The summed E-state index contributed by atoms with van der Waals surface area (Å²) in [7, 11) is -4.00. The first-order valence-corrected chi connectivity index (χ1v) is 10.5. The van der Waals surface area contributed by atoms with Crippen LogP contribution in [-0.4, -0.2) is 26.7 Å². The van der Waals surface area contributed by atoms with Crippen LogP contribution in [0.4, 0.5) is 0 Å². The maximum absolute atomic E-state index is 13.1. The van der Waals surface area contributed by atoms with Crippen molar-refractivity contribution < 1.29 is 8.42 Å². The van der Waals surface area contributed by atoms with E-state index in [2.05, 4.69) is 5.10 Å². The van der Waals surface area contributed by atoms with E-state index in [4.69, 9.17) is 0 Å². The summed E-state index contributed by atoms with van der Waals surface area (Å²) in [6, 6.07) is 4.13. The summed E-state index contributed by atoms with van der Waals surface area (Å²) in [5.74, 6) is 0. The average molecular weight is 404 g/mol. The fourth-order valence-electron chi connectivity index (χ4n) is 3.12. The van der Waals surface area contributed by atoms with E-state index in [-0.39, 0.29) is 28.0 Å². The van der Waals surface area contributed by atoms with Crippen LogP contribution < -0.4 is 11.2 Å². The Balaban J connectivity index is 2.37. The zero-order chi connectivity index (χ0) is 21.0. The molecule has 3 aromatic rings. The molecule has 9 heteroatoms. The highest BCUT2D eigenvalue weighted by molar-refractivity contribution is 7.89. The molecule has 0 saturated carbocycles. The molecule has 0 N–H and O–H groups in total. The van der Waals surface area contributed by atoms with Crippen LogP contribution in [0.2, 0.25) is 0 Å². The van der Waals surface area contributed by atoms with Crippen LogP contribution in [0.15, 0.2) is 38.9 Å². The summed E-state index contributed by atoms with van der Waals surface area (Å²) < 4.78 is 29.4. The van der Waals surface area contributed by atoms with E-state index in [0.717, 1.165) is 19.8 Å². The average Bonchev–Trinajstić information content (AvgIpc) is 3.02. The molecule has 0 atom stereocenters. The van der Waals surface area contributed by atoms with E-state index in [0.29, 0.717) is 0 Å². The molecule has 2 aromatic heterocycles. The lowest BCUT2D eigenvalue weighted by molar-refractivity contribution is 0.486. The lowest BCUT2D eigenvalue weighted by Gasteiger charge is -2.15. The second kappa shape index (κ2) is 6.73. The minimum Gasteiger partial charge on any atom is -0.273 e. The highest BCUT2D eigenvalue weighted by atomic mass is 32.2. The van der Waals surface area contributed by atoms with Crippen molar-refractivity contribution in [2.24, 2.45) is 0 Å². The number of aryl methyl sites for hydroxylation is 2. The van der Waals surface area contributed by atoms with Crippen molar-refractivity contribution >= 4 is 21.1 Å². The quantitative estimate of drug-likeness (QED) is 0.665. The van der Waals surface area contributed by atoms with E-state index in [1.54, 1.807) is 39.8 Å². The summed E-state index contributed by atoms with van der Waals surface area (Å²) in [5.41, 5.74) is 0.816. The Morgan fingerprint density at radius 1 is 0.929 bits per heavy atom. The highest BCUT2D eigenvalue weighted by Gasteiger charge is 2.24. The smallest absolute Gasteiger partial charge is 0.273 e. The topological polar surface area (TPSA) is 96.0 Å². The molecule has 28 heavy (non-hydrogen) atoms. The minimum atomic E-state index is -4.00. The molecule has 1 aromatic carbocycles. The Labute approximate surface area is 163 Å². The van der Waals surface area contributed by atoms with E-state index >= 15 is 0 Å². The van der Waals surface area contributed by atoms with Gasteiger partial charge in [0.15, 0.2) is 5.65 Å². The fraction of sp³-hybridized carbons (Fsp3) is 0.421. The lowest BCUT2D eigenvalue weighted by atomic mass is 10.1. The summed E-state index contributed by atoms with van der Waals surface area (Å²) >= 11 is 0. The van der Waals surface area contributed by atoms with Gasteiger partial charge in [0.1, 0.15) is 5.39 Å². The van der Waals surface area contributed by atoms with Gasteiger partial charge in [-0.25, -0.2) is 4.79 Å². The highest BCUT2D eigenvalue weighted by Crippen LogP contribution is 2.20. The van der Waals surface area contributed by atoms with Crippen molar-refractivity contribution in [1.29, 1.82) is 0 Å². The number of aromatic nitrogens is 4. The molecule has 0 aliphatic heterocycles. The molecule has 0 saturated heterocycles. The Kier molecular flexibility index (Phi) is 4.82. The lowest BCUT2D eigenvalue weighted by Crippen LogP contribution is -2.41. The van der Waals surface area contributed by atoms with Gasteiger partial charge < -0.3 is 0 Å². The van der Waals surface area contributed by atoms with Crippen LogP contribution in [0.1, 0.15) is 50.9 Å². The number of benzene rings is 1. The minimum absolute atomic E-state index is 0.0642. The summed E-state index contributed by atoms with van der Waals surface area (Å²) in [6.07, 6.45) is 1.19. The monoisotopic (exact) mass is 404 g/mol. The van der Waals surface area contributed by atoms with Gasteiger partial charge in [-0.05, 0) is 64.8 Å². The number of hydrogen-bond donors (Lipinski definition) is 0. The second-order valence-electron chi connectivity index (χ2n) is 7.51. The molecular formula is C19H24N4O4S. The van der Waals surface area contributed by atoms with Gasteiger partial charge in [-0.2, -0.15) is 12.5 Å². The normalized spacial score (nSPS) is 12.4. The van der Waals surface area contributed by atoms with Crippen LogP contribution in [0, 0.1) is 13.8 Å². The van der Waals surface area contributed by atoms with Gasteiger partial charge in [0.2, 0.25) is 0 Å². The molecule has 0 bridgehead atoms. The number of hydrogen-bond acceptors (Lipinski definition) is 5. The first kappa shape index (κ1) is 20.1. The van der Waals surface area contributed by atoms with Crippen molar-refractivity contribution in [3.8, 4) is 0 Å². The molecule has 2 heterocycles. The predicted octanol–water partition coefficient (Wildman–Crippen LogP) is 2.38. The SMILES string of the molecule is Cc1ccc(S(=O)(=O)n2cc3c(=O)n(C(C)C)c(=O)n(C(C)C)c3n2)cc1C. The fourth-order valence-corrected chi connectivity index (χ4v) is 4.33. The molecule has 0 aliphatic carbocycles.